The van der Waals surface area contributed by atoms with E-state index in [1.807, 2.05) is 13.0 Å². The Morgan fingerprint density at radius 3 is 2.67 bits per heavy atom. The molecule has 0 unspecified atom stereocenters. The zero-order chi connectivity index (χ0) is 13.7. The molecule has 0 radical (unpaired) electrons. The molecule has 0 aromatic heterocycles. The third-order valence-electron chi connectivity index (χ3n) is 2.17. The second-order valence-corrected chi connectivity index (χ2v) is 4.82. The van der Waals surface area contributed by atoms with Crippen molar-refractivity contribution in [2.45, 2.75) is 13.0 Å². The molecule has 0 aliphatic heterocycles. The number of nitrogens with one attached hydrogen (secondary N) is 2. The van der Waals surface area contributed by atoms with Crippen molar-refractivity contribution in [3.8, 4) is 0 Å². The van der Waals surface area contributed by atoms with Crippen LogP contribution >= 0.6 is 22.6 Å². The number of carbonyl (C=O) groups is 2. The Morgan fingerprint density at radius 1 is 1.44 bits per heavy atom. The normalized spacial score (nSPS) is 11.7. The molecule has 0 aliphatic carbocycles. The van der Waals surface area contributed by atoms with E-state index in [0.29, 0.717) is 5.69 Å². The van der Waals surface area contributed by atoms with Gasteiger partial charge in [0.25, 0.3) is 0 Å². The van der Waals surface area contributed by atoms with Gasteiger partial charge in [0.2, 0.25) is 0 Å². The SMILES string of the molecule is Cc1ccc(NC(=O)NC[C@H](O)C(=O)O)cc1I. The highest BCUT2D eigenvalue weighted by atomic mass is 127. The van der Waals surface area contributed by atoms with Crippen molar-refractivity contribution in [1.29, 1.82) is 0 Å². The molecule has 1 atom stereocenters. The summed E-state index contributed by atoms with van der Waals surface area (Å²) < 4.78 is 1.01. The van der Waals surface area contributed by atoms with Crippen LogP contribution in [0.15, 0.2) is 18.2 Å². The van der Waals surface area contributed by atoms with E-state index >= 15 is 0 Å². The largest absolute Gasteiger partial charge is 0.479 e. The minimum Gasteiger partial charge on any atom is -0.479 e. The molecule has 18 heavy (non-hydrogen) atoms. The monoisotopic (exact) mass is 364 g/mol. The second-order valence-electron chi connectivity index (χ2n) is 3.65. The molecule has 0 spiro atoms. The summed E-state index contributed by atoms with van der Waals surface area (Å²) in [5.41, 5.74) is 1.70. The van der Waals surface area contributed by atoms with Crippen LogP contribution in [0.2, 0.25) is 0 Å². The summed E-state index contributed by atoms with van der Waals surface area (Å²) >= 11 is 2.15. The summed E-state index contributed by atoms with van der Waals surface area (Å²) in [7, 11) is 0. The molecule has 4 N–H and O–H groups in total. The number of rotatable bonds is 4. The van der Waals surface area contributed by atoms with E-state index in [0.717, 1.165) is 9.13 Å². The van der Waals surface area contributed by atoms with Gasteiger partial charge in [0, 0.05) is 9.26 Å². The summed E-state index contributed by atoms with van der Waals surface area (Å²) in [5, 5.41) is 22.2. The number of benzene rings is 1. The van der Waals surface area contributed by atoms with Crippen molar-refractivity contribution in [2.75, 3.05) is 11.9 Å². The summed E-state index contributed by atoms with van der Waals surface area (Å²) in [6, 6.07) is 4.84. The lowest BCUT2D eigenvalue weighted by Crippen LogP contribution is -2.38. The maximum absolute atomic E-state index is 11.4. The molecular formula is C11H13IN2O4. The minimum atomic E-state index is -1.60. The molecule has 0 saturated heterocycles. The minimum absolute atomic E-state index is 0.343. The third-order valence-corrected chi connectivity index (χ3v) is 3.33. The zero-order valence-electron chi connectivity index (χ0n) is 9.61. The lowest BCUT2D eigenvalue weighted by Gasteiger charge is -2.10. The molecule has 1 rings (SSSR count). The van der Waals surface area contributed by atoms with Gasteiger partial charge in [-0.2, -0.15) is 0 Å². The average molecular weight is 364 g/mol. The first kappa shape index (κ1) is 14.7. The second kappa shape index (κ2) is 6.55. The van der Waals surface area contributed by atoms with E-state index in [4.69, 9.17) is 10.2 Å². The molecule has 0 heterocycles. The molecule has 2 amide bonds. The number of urea groups is 1. The van der Waals surface area contributed by atoms with E-state index in [-0.39, 0.29) is 6.54 Å². The lowest BCUT2D eigenvalue weighted by molar-refractivity contribution is -0.146. The quantitative estimate of drug-likeness (QED) is 0.603. The van der Waals surface area contributed by atoms with Gasteiger partial charge < -0.3 is 20.8 Å². The standard InChI is InChI=1S/C11H13IN2O4/c1-6-2-3-7(4-8(6)12)14-11(18)13-5-9(15)10(16)17/h2-4,9,15H,5H2,1H3,(H,16,17)(H2,13,14,18)/t9-/m0/s1. The van der Waals surface area contributed by atoms with E-state index in [9.17, 15) is 9.59 Å². The number of carboxylic acids is 1. The Labute approximate surface area is 118 Å². The fraction of sp³-hybridized carbons (Fsp3) is 0.273. The van der Waals surface area contributed by atoms with Gasteiger partial charge >= 0.3 is 12.0 Å². The number of halogens is 1. The number of hydrogen-bond acceptors (Lipinski definition) is 3. The number of hydrogen-bond donors (Lipinski definition) is 4. The molecule has 6 nitrogen and oxygen atoms in total. The maximum Gasteiger partial charge on any atom is 0.334 e. The van der Waals surface area contributed by atoms with E-state index in [1.54, 1.807) is 12.1 Å². The molecule has 0 aliphatic rings. The first-order chi connectivity index (χ1) is 8.40. The number of aliphatic carboxylic acids is 1. The van der Waals surface area contributed by atoms with Crippen LogP contribution < -0.4 is 10.6 Å². The van der Waals surface area contributed by atoms with Gasteiger partial charge in [-0.1, -0.05) is 6.07 Å². The Bertz CT molecular complexity index is 464. The molecule has 0 bridgehead atoms. The fourth-order valence-corrected chi connectivity index (χ4v) is 1.64. The Balaban J connectivity index is 2.49. The van der Waals surface area contributed by atoms with Gasteiger partial charge in [0.1, 0.15) is 0 Å². The van der Waals surface area contributed by atoms with Crippen LogP contribution in [0.4, 0.5) is 10.5 Å². The van der Waals surface area contributed by atoms with Gasteiger partial charge in [-0.15, -0.1) is 0 Å². The van der Waals surface area contributed by atoms with Crippen LogP contribution in [0.3, 0.4) is 0 Å². The Kier molecular flexibility index (Phi) is 5.35. The zero-order valence-corrected chi connectivity index (χ0v) is 11.8. The van der Waals surface area contributed by atoms with Gasteiger partial charge in [-0.3, -0.25) is 0 Å². The number of amides is 2. The number of aliphatic hydroxyl groups is 1. The summed E-state index contributed by atoms with van der Waals surface area (Å²) in [5.74, 6) is -1.37. The smallest absolute Gasteiger partial charge is 0.334 e. The number of carbonyl (C=O) groups excluding carboxylic acids is 1. The van der Waals surface area contributed by atoms with Gasteiger partial charge in [0.15, 0.2) is 6.10 Å². The predicted octanol–water partition coefficient (Wildman–Crippen LogP) is 1.17. The summed E-state index contributed by atoms with van der Waals surface area (Å²) in [4.78, 5) is 21.7. The molecule has 7 heteroatoms. The summed E-state index contributed by atoms with van der Waals surface area (Å²) in [6.07, 6.45) is -1.60. The van der Waals surface area contributed by atoms with E-state index < -0.39 is 18.1 Å². The van der Waals surface area contributed by atoms with Crippen LogP contribution in [0.5, 0.6) is 0 Å². The van der Waals surface area contributed by atoms with Crippen LogP contribution in [0.25, 0.3) is 0 Å². The van der Waals surface area contributed by atoms with E-state index in [1.165, 1.54) is 0 Å². The topological polar surface area (TPSA) is 98.7 Å². The van der Waals surface area contributed by atoms with Crippen molar-refractivity contribution in [3.05, 3.63) is 27.3 Å². The number of aryl methyl sites for hydroxylation is 1. The Morgan fingerprint density at radius 2 is 2.11 bits per heavy atom. The van der Waals surface area contributed by atoms with Crippen LogP contribution in [-0.2, 0) is 4.79 Å². The first-order valence-electron chi connectivity index (χ1n) is 5.12. The molecule has 0 fully saturated rings. The van der Waals surface area contributed by atoms with Crippen molar-refractivity contribution in [1.82, 2.24) is 5.32 Å². The number of aliphatic hydroxyl groups excluding tert-OH is 1. The predicted molar refractivity (Wildman–Crippen MR) is 74.6 cm³/mol. The highest BCUT2D eigenvalue weighted by Crippen LogP contribution is 2.16. The molecule has 0 saturated carbocycles. The van der Waals surface area contributed by atoms with Crippen molar-refractivity contribution in [2.24, 2.45) is 0 Å². The van der Waals surface area contributed by atoms with Crippen molar-refractivity contribution >= 4 is 40.3 Å². The Hall–Kier alpha value is -1.35. The maximum atomic E-state index is 11.4. The highest BCUT2D eigenvalue weighted by molar-refractivity contribution is 14.1. The highest BCUT2D eigenvalue weighted by Gasteiger charge is 2.14. The van der Waals surface area contributed by atoms with Crippen LogP contribution in [-0.4, -0.2) is 34.9 Å². The number of carboxylic acid groups (broad SMARTS) is 1. The number of anilines is 1. The van der Waals surface area contributed by atoms with Gasteiger partial charge in [0.05, 0.1) is 6.54 Å². The molecule has 1 aromatic carbocycles. The van der Waals surface area contributed by atoms with Gasteiger partial charge in [-0.25, -0.2) is 9.59 Å². The van der Waals surface area contributed by atoms with Gasteiger partial charge in [-0.05, 0) is 47.2 Å². The fourth-order valence-electron chi connectivity index (χ4n) is 1.12. The van der Waals surface area contributed by atoms with Crippen LogP contribution in [0, 0.1) is 10.5 Å². The lowest BCUT2D eigenvalue weighted by atomic mass is 10.2. The third kappa shape index (κ3) is 4.49. The molecule has 1 aromatic rings. The summed E-state index contributed by atoms with van der Waals surface area (Å²) in [6.45, 7) is 1.61. The molecular weight excluding hydrogens is 351 g/mol. The van der Waals surface area contributed by atoms with Crippen molar-refractivity contribution < 1.29 is 19.8 Å². The van der Waals surface area contributed by atoms with Crippen LogP contribution in [0.1, 0.15) is 5.56 Å². The first-order valence-corrected chi connectivity index (χ1v) is 6.20. The van der Waals surface area contributed by atoms with Crippen molar-refractivity contribution in [3.63, 3.8) is 0 Å². The average Bonchev–Trinajstić information content (AvgIpc) is 2.30. The molecule has 98 valence electrons. The van der Waals surface area contributed by atoms with E-state index in [2.05, 4.69) is 33.2 Å².